The number of phosphoric ester groups is 2. The molecule has 0 spiro atoms. The molecule has 17 nitrogen and oxygen atoms in total. The minimum absolute atomic E-state index is 0.0569. The molecule has 104 heavy (non-hydrogen) atoms. The number of hydrogen-bond donors (Lipinski definition) is 3. The Kier molecular flexibility index (Phi) is 72.4. The van der Waals surface area contributed by atoms with Gasteiger partial charge < -0.3 is 33.8 Å². The summed E-state index contributed by atoms with van der Waals surface area (Å²) in [6, 6.07) is 0. The van der Waals surface area contributed by atoms with Crippen LogP contribution in [0.25, 0.3) is 0 Å². The average Bonchev–Trinajstić information content (AvgIpc) is 0.910. The molecule has 0 aliphatic rings. The summed E-state index contributed by atoms with van der Waals surface area (Å²) in [6.07, 6.45) is 86.8. The molecule has 0 aliphatic carbocycles. The number of hydrogen-bond acceptors (Lipinski definition) is 15. The molecule has 0 bridgehead atoms. The summed E-state index contributed by atoms with van der Waals surface area (Å²) in [7, 11) is -9.98. The Bertz CT molecular complexity index is 2540. The SMILES string of the molecule is CC/C=C\C/C=C\C/C=C\C/C=C\CCCCCCC(=O)OCC(COP(=O)(O)OCC(O)COP(=O)(O)OCC(COC(=O)CCCCCCCCC/C=C\C/C=C\C/C=C\CC)OC(=O)CCCCCCC/C=C\CCCCCC)OC(=O)CCCCCC/C=C\C/C=C\C/C=C\C/C=C\CC. The second-order valence-electron chi connectivity index (χ2n) is 26.2. The minimum atomic E-state index is -5.00. The molecule has 0 saturated heterocycles. The van der Waals surface area contributed by atoms with Crippen LogP contribution in [0.3, 0.4) is 0 Å². The number of esters is 4. The van der Waals surface area contributed by atoms with Gasteiger partial charge in [-0.15, -0.1) is 0 Å². The first-order chi connectivity index (χ1) is 50.7. The zero-order chi connectivity index (χ0) is 76.0. The van der Waals surface area contributed by atoms with Crippen LogP contribution in [0.2, 0.25) is 0 Å². The van der Waals surface area contributed by atoms with Gasteiger partial charge in [0, 0.05) is 25.7 Å². The molecule has 5 atom stereocenters. The van der Waals surface area contributed by atoms with Crippen molar-refractivity contribution in [2.75, 3.05) is 39.6 Å². The molecule has 594 valence electrons. The van der Waals surface area contributed by atoms with Crippen LogP contribution in [0.1, 0.15) is 310 Å². The monoisotopic (exact) mass is 1500 g/mol. The first-order valence-corrected chi connectivity index (χ1v) is 43.1. The highest BCUT2D eigenvalue weighted by atomic mass is 31.2. The van der Waals surface area contributed by atoms with Gasteiger partial charge in [0.15, 0.2) is 12.2 Å². The number of ether oxygens (including phenoxy) is 4. The molecule has 0 heterocycles. The largest absolute Gasteiger partial charge is 0.472 e. The van der Waals surface area contributed by atoms with Gasteiger partial charge in [0.1, 0.15) is 19.3 Å². The number of carbonyl (C=O) groups excluding carboxylic acids is 4. The Morgan fingerprint density at radius 3 is 0.779 bits per heavy atom. The molecule has 0 aromatic heterocycles. The minimum Gasteiger partial charge on any atom is -0.462 e. The van der Waals surface area contributed by atoms with Crippen molar-refractivity contribution in [2.45, 2.75) is 329 Å². The van der Waals surface area contributed by atoms with E-state index in [2.05, 4.69) is 174 Å². The second-order valence-corrected chi connectivity index (χ2v) is 29.1. The molecular formula is C85H142O17P2. The van der Waals surface area contributed by atoms with Gasteiger partial charge in [0.25, 0.3) is 0 Å². The van der Waals surface area contributed by atoms with Gasteiger partial charge in [-0.05, 0) is 161 Å². The quantitative estimate of drug-likeness (QED) is 0.0169. The van der Waals surface area contributed by atoms with Crippen LogP contribution in [0.15, 0.2) is 146 Å². The van der Waals surface area contributed by atoms with Crippen LogP contribution in [0.4, 0.5) is 0 Å². The number of carbonyl (C=O) groups is 4. The normalized spacial score (nSPS) is 14.6. The van der Waals surface area contributed by atoms with E-state index >= 15 is 0 Å². The molecule has 0 saturated carbocycles. The lowest BCUT2D eigenvalue weighted by Gasteiger charge is -2.21. The van der Waals surface area contributed by atoms with E-state index in [4.69, 9.17) is 37.0 Å². The smallest absolute Gasteiger partial charge is 0.462 e. The van der Waals surface area contributed by atoms with Gasteiger partial charge in [0.2, 0.25) is 0 Å². The highest BCUT2D eigenvalue weighted by Gasteiger charge is 2.30. The number of unbranched alkanes of at least 4 members (excludes halogenated alkanes) is 24. The summed E-state index contributed by atoms with van der Waals surface area (Å²) in [5, 5.41) is 10.6. The Balaban J connectivity index is 5.42. The molecule has 0 aliphatic heterocycles. The Hall–Kier alpha value is -5.06. The lowest BCUT2D eigenvalue weighted by atomic mass is 10.1. The number of rotatable bonds is 74. The summed E-state index contributed by atoms with van der Waals surface area (Å²) in [5.41, 5.74) is 0. The van der Waals surface area contributed by atoms with Crippen molar-refractivity contribution in [3.63, 3.8) is 0 Å². The van der Waals surface area contributed by atoms with Crippen molar-refractivity contribution in [3.8, 4) is 0 Å². The third-order valence-corrected chi connectivity index (χ3v) is 18.2. The molecule has 0 radical (unpaired) electrons. The van der Waals surface area contributed by atoms with E-state index in [1.54, 1.807) is 0 Å². The number of allylic oxidation sites excluding steroid dienone is 24. The lowest BCUT2D eigenvalue weighted by molar-refractivity contribution is -0.161. The van der Waals surface area contributed by atoms with Gasteiger partial charge >= 0.3 is 39.5 Å². The first-order valence-electron chi connectivity index (χ1n) is 40.1. The molecule has 0 rings (SSSR count). The van der Waals surface area contributed by atoms with Crippen molar-refractivity contribution >= 4 is 39.5 Å². The van der Waals surface area contributed by atoms with Crippen LogP contribution in [0.5, 0.6) is 0 Å². The molecule has 5 unspecified atom stereocenters. The van der Waals surface area contributed by atoms with Crippen LogP contribution in [0, 0.1) is 0 Å². The predicted octanol–water partition coefficient (Wildman–Crippen LogP) is 23.4. The van der Waals surface area contributed by atoms with Crippen LogP contribution < -0.4 is 0 Å². The summed E-state index contributed by atoms with van der Waals surface area (Å²) >= 11 is 0. The fourth-order valence-electron chi connectivity index (χ4n) is 10.3. The van der Waals surface area contributed by atoms with E-state index in [1.807, 2.05) is 0 Å². The van der Waals surface area contributed by atoms with E-state index < -0.39 is 97.5 Å². The molecular weight excluding hydrogens is 1350 g/mol. The van der Waals surface area contributed by atoms with E-state index in [0.717, 1.165) is 205 Å². The molecule has 0 amide bonds. The fourth-order valence-corrected chi connectivity index (χ4v) is 11.8. The summed E-state index contributed by atoms with van der Waals surface area (Å²) in [6.45, 7) is 4.45. The number of phosphoric acid groups is 2. The van der Waals surface area contributed by atoms with Crippen molar-refractivity contribution in [3.05, 3.63) is 146 Å². The van der Waals surface area contributed by atoms with Gasteiger partial charge in [-0.1, -0.05) is 270 Å². The van der Waals surface area contributed by atoms with Gasteiger partial charge in [0.05, 0.1) is 26.4 Å². The molecule has 0 aromatic carbocycles. The zero-order valence-electron chi connectivity index (χ0n) is 64.9. The highest BCUT2D eigenvalue weighted by Crippen LogP contribution is 2.45. The van der Waals surface area contributed by atoms with Crippen molar-refractivity contribution < 1.29 is 80.2 Å². The lowest BCUT2D eigenvalue weighted by Crippen LogP contribution is -2.30. The Morgan fingerprint density at radius 2 is 0.500 bits per heavy atom. The average molecular weight is 1500 g/mol. The van der Waals surface area contributed by atoms with Crippen LogP contribution in [-0.2, 0) is 65.4 Å². The topological polar surface area (TPSA) is 237 Å². The second kappa shape index (κ2) is 76.1. The number of aliphatic hydroxyl groups is 1. The van der Waals surface area contributed by atoms with Gasteiger partial charge in [-0.25, -0.2) is 9.13 Å². The molecule has 0 fully saturated rings. The van der Waals surface area contributed by atoms with Crippen molar-refractivity contribution in [2.24, 2.45) is 0 Å². The standard InChI is InChI=1S/C85H142O17P2/c1-5-9-13-17-21-25-29-33-36-39-42-46-49-53-57-61-65-69-82(87)95-75-80(101-84(89)71-67-63-59-55-51-45-32-28-24-20-16-12-8-4)77-99-103(91,92)97-73-79(86)74-98-104(93,94)100-78-81(102-85(90)72-68-64-60-56-52-48-44-41-38-35-31-27-23-19-15-11-7-3)76-96-83(88)70-66-62-58-54-50-47-43-40-37-34-30-26-22-18-14-10-6-2/h9-11,13-15,21-23,25-28,32-38,43-44,47-48,79-81,86H,5-8,12,16-20,24,29-31,39-42,45-46,49-78H2,1-4H3,(H,91,92)(H,93,94)/b13-9-,14-10-,15-11-,25-21-,26-22-,27-23-,32-28-,36-33-,37-34-,38-35-,47-43-,48-44-. The van der Waals surface area contributed by atoms with E-state index in [9.17, 15) is 43.2 Å². The van der Waals surface area contributed by atoms with Gasteiger partial charge in [-0.3, -0.25) is 37.3 Å². The third kappa shape index (κ3) is 75.2. The first kappa shape index (κ1) is 98.9. The Morgan fingerprint density at radius 1 is 0.279 bits per heavy atom. The molecule has 19 heteroatoms. The van der Waals surface area contributed by atoms with Gasteiger partial charge in [-0.2, -0.15) is 0 Å². The van der Waals surface area contributed by atoms with Crippen LogP contribution >= 0.6 is 15.6 Å². The molecule has 0 aromatic rings. The summed E-state index contributed by atoms with van der Waals surface area (Å²) < 4.78 is 68.6. The maximum atomic E-state index is 13.1. The van der Waals surface area contributed by atoms with Crippen molar-refractivity contribution in [1.82, 2.24) is 0 Å². The maximum absolute atomic E-state index is 13.1. The summed E-state index contributed by atoms with van der Waals surface area (Å²) in [5.74, 6) is -2.25. The van der Waals surface area contributed by atoms with Crippen LogP contribution in [-0.4, -0.2) is 96.7 Å². The maximum Gasteiger partial charge on any atom is 0.472 e. The highest BCUT2D eigenvalue weighted by molar-refractivity contribution is 7.47. The summed E-state index contributed by atoms with van der Waals surface area (Å²) in [4.78, 5) is 73.1. The zero-order valence-corrected chi connectivity index (χ0v) is 66.7. The van der Waals surface area contributed by atoms with E-state index in [0.29, 0.717) is 25.7 Å². The predicted molar refractivity (Wildman–Crippen MR) is 427 cm³/mol. The van der Waals surface area contributed by atoms with E-state index in [-0.39, 0.29) is 25.7 Å². The fraction of sp³-hybridized carbons (Fsp3) is 0.671. The van der Waals surface area contributed by atoms with E-state index in [1.165, 1.54) is 25.7 Å². The third-order valence-electron chi connectivity index (χ3n) is 16.3. The number of aliphatic hydroxyl groups excluding tert-OH is 1. The van der Waals surface area contributed by atoms with Crippen molar-refractivity contribution in [1.29, 1.82) is 0 Å². The molecule has 3 N–H and O–H groups in total. The Labute approximate surface area is 630 Å².